The highest BCUT2D eigenvalue weighted by Crippen LogP contribution is 2.20. The molecule has 0 aliphatic carbocycles. The van der Waals surface area contributed by atoms with E-state index in [0.717, 1.165) is 5.56 Å². The van der Waals surface area contributed by atoms with Gasteiger partial charge < -0.3 is 9.30 Å². The molecule has 2 aromatic heterocycles. The van der Waals surface area contributed by atoms with E-state index in [9.17, 15) is 8.42 Å². The van der Waals surface area contributed by atoms with E-state index in [4.69, 9.17) is 4.74 Å². The Balaban J connectivity index is 1.93. The average molecular weight is 358 g/mol. The molecule has 25 heavy (non-hydrogen) atoms. The van der Waals surface area contributed by atoms with Crippen LogP contribution in [-0.2, 0) is 23.3 Å². The smallest absolute Gasteiger partial charge is 0.249 e. The fourth-order valence-corrected chi connectivity index (χ4v) is 3.84. The van der Waals surface area contributed by atoms with Crippen LogP contribution in [0.25, 0.3) is 11.2 Å². The first-order valence-corrected chi connectivity index (χ1v) is 9.14. The van der Waals surface area contributed by atoms with Gasteiger partial charge in [0.15, 0.2) is 5.65 Å². The zero-order valence-electron chi connectivity index (χ0n) is 14.0. The van der Waals surface area contributed by atoms with Gasteiger partial charge in [-0.1, -0.05) is 18.2 Å². The number of ether oxygens (including phenoxy) is 1. The van der Waals surface area contributed by atoms with E-state index in [1.165, 1.54) is 12.3 Å². The van der Waals surface area contributed by atoms with Crippen LogP contribution in [0.5, 0.6) is 5.75 Å². The standard InChI is InChI=1S/C17H18N4O3S/c1-4-14(9-12-5-7-13(24-3)8-6-12)25(22,23)17-18-10-15-16(20-17)21(2)11-19-15/h4-8,10-11,14H,1,9H2,2-3H3. The van der Waals surface area contributed by atoms with Crippen molar-refractivity contribution in [2.45, 2.75) is 16.8 Å². The normalized spacial score (nSPS) is 12.9. The number of hydrogen-bond acceptors (Lipinski definition) is 6. The van der Waals surface area contributed by atoms with E-state index >= 15 is 0 Å². The van der Waals surface area contributed by atoms with E-state index in [1.54, 1.807) is 37.2 Å². The maximum absolute atomic E-state index is 12.9. The second-order valence-corrected chi connectivity index (χ2v) is 7.65. The number of sulfone groups is 1. The first kappa shape index (κ1) is 17.1. The van der Waals surface area contributed by atoms with Gasteiger partial charge in [0.25, 0.3) is 0 Å². The zero-order valence-corrected chi connectivity index (χ0v) is 14.8. The van der Waals surface area contributed by atoms with Gasteiger partial charge in [-0.05, 0) is 24.1 Å². The number of rotatable bonds is 6. The van der Waals surface area contributed by atoms with Crippen molar-refractivity contribution in [3.63, 3.8) is 0 Å². The molecule has 2 heterocycles. The maximum Gasteiger partial charge on any atom is 0.249 e. The molecule has 0 radical (unpaired) electrons. The molecule has 0 aliphatic heterocycles. The van der Waals surface area contributed by atoms with E-state index in [0.29, 0.717) is 16.9 Å². The molecule has 7 nitrogen and oxygen atoms in total. The van der Waals surface area contributed by atoms with Crippen molar-refractivity contribution in [3.05, 3.63) is 55.0 Å². The Hall–Kier alpha value is -2.74. The minimum atomic E-state index is -3.76. The third-order valence-corrected chi connectivity index (χ3v) is 5.81. The molecule has 3 aromatic rings. The molecule has 130 valence electrons. The monoisotopic (exact) mass is 358 g/mol. The lowest BCUT2D eigenvalue weighted by atomic mass is 10.1. The van der Waals surface area contributed by atoms with Crippen LogP contribution in [0.2, 0.25) is 0 Å². The lowest BCUT2D eigenvalue weighted by molar-refractivity contribution is 0.414. The molecule has 0 N–H and O–H groups in total. The van der Waals surface area contributed by atoms with Crippen LogP contribution in [0.3, 0.4) is 0 Å². The van der Waals surface area contributed by atoms with Crippen LogP contribution in [-0.4, -0.2) is 40.3 Å². The second kappa shape index (κ2) is 6.64. The summed E-state index contributed by atoms with van der Waals surface area (Å²) in [5.41, 5.74) is 1.88. The number of benzene rings is 1. The summed E-state index contributed by atoms with van der Waals surface area (Å²) in [5, 5.41) is -1.05. The topological polar surface area (TPSA) is 87.0 Å². The van der Waals surface area contributed by atoms with Gasteiger partial charge in [-0.3, -0.25) is 0 Å². The fraction of sp³-hybridized carbons (Fsp3) is 0.235. The molecular formula is C17H18N4O3S. The Morgan fingerprint density at radius 2 is 2.00 bits per heavy atom. The summed E-state index contributed by atoms with van der Waals surface area (Å²) in [6.45, 7) is 3.68. The number of fused-ring (bicyclic) bond motifs is 1. The lowest BCUT2D eigenvalue weighted by Crippen LogP contribution is -2.23. The number of aryl methyl sites for hydroxylation is 1. The van der Waals surface area contributed by atoms with Gasteiger partial charge in [-0.15, -0.1) is 6.58 Å². The minimum absolute atomic E-state index is 0.220. The first-order valence-electron chi connectivity index (χ1n) is 7.59. The molecule has 1 aromatic carbocycles. The van der Waals surface area contributed by atoms with Crippen molar-refractivity contribution in [2.24, 2.45) is 7.05 Å². The Bertz CT molecular complexity index is 1010. The van der Waals surface area contributed by atoms with Gasteiger partial charge in [0, 0.05) is 7.05 Å². The van der Waals surface area contributed by atoms with Gasteiger partial charge in [0.1, 0.15) is 11.3 Å². The molecule has 0 amide bonds. The fourth-order valence-electron chi connectivity index (χ4n) is 2.49. The Kier molecular flexibility index (Phi) is 4.54. The van der Waals surface area contributed by atoms with Crippen LogP contribution < -0.4 is 4.74 Å². The van der Waals surface area contributed by atoms with Crippen LogP contribution in [0.4, 0.5) is 0 Å². The third-order valence-electron chi connectivity index (χ3n) is 3.94. The van der Waals surface area contributed by atoms with Crippen LogP contribution >= 0.6 is 0 Å². The van der Waals surface area contributed by atoms with Crippen molar-refractivity contribution >= 4 is 21.0 Å². The van der Waals surface area contributed by atoms with Crippen molar-refractivity contribution in [1.29, 1.82) is 0 Å². The van der Waals surface area contributed by atoms with Gasteiger partial charge in [-0.25, -0.2) is 18.4 Å². The lowest BCUT2D eigenvalue weighted by Gasteiger charge is -2.13. The van der Waals surface area contributed by atoms with Gasteiger partial charge >= 0.3 is 0 Å². The molecule has 0 bridgehead atoms. The summed E-state index contributed by atoms with van der Waals surface area (Å²) in [7, 11) is -0.431. The summed E-state index contributed by atoms with van der Waals surface area (Å²) < 4.78 is 32.6. The molecule has 1 unspecified atom stereocenters. The molecule has 0 saturated carbocycles. The molecule has 8 heteroatoms. The van der Waals surface area contributed by atoms with Crippen molar-refractivity contribution in [3.8, 4) is 5.75 Å². The summed E-state index contributed by atoms with van der Waals surface area (Å²) in [5.74, 6) is 0.715. The highest BCUT2D eigenvalue weighted by molar-refractivity contribution is 7.92. The highest BCUT2D eigenvalue weighted by Gasteiger charge is 2.28. The Labute approximate surface area is 145 Å². The average Bonchev–Trinajstić information content (AvgIpc) is 3.00. The number of nitrogens with zero attached hydrogens (tertiary/aromatic N) is 4. The van der Waals surface area contributed by atoms with Crippen molar-refractivity contribution in [1.82, 2.24) is 19.5 Å². The Morgan fingerprint density at radius 1 is 1.28 bits per heavy atom. The number of aromatic nitrogens is 4. The summed E-state index contributed by atoms with van der Waals surface area (Å²) in [6.07, 6.45) is 4.68. The molecule has 0 spiro atoms. The van der Waals surface area contributed by atoms with E-state index in [1.807, 2.05) is 12.1 Å². The van der Waals surface area contributed by atoms with Crippen LogP contribution in [0.15, 0.2) is 54.6 Å². The quantitative estimate of drug-likeness (QED) is 0.494. The number of hydrogen-bond donors (Lipinski definition) is 0. The molecule has 0 fully saturated rings. The van der Waals surface area contributed by atoms with Crippen molar-refractivity contribution < 1.29 is 13.2 Å². The Morgan fingerprint density at radius 3 is 2.64 bits per heavy atom. The molecular weight excluding hydrogens is 340 g/mol. The summed E-state index contributed by atoms with van der Waals surface area (Å²) >= 11 is 0. The second-order valence-electron chi connectivity index (χ2n) is 5.59. The number of methoxy groups -OCH3 is 1. The first-order chi connectivity index (χ1) is 12.0. The van der Waals surface area contributed by atoms with Gasteiger partial charge in [-0.2, -0.15) is 4.98 Å². The molecule has 0 aliphatic rings. The summed E-state index contributed by atoms with van der Waals surface area (Å²) in [6, 6.07) is 7.24. The highest BCUT2D eigenvalue weighted by atomic mass is 32.2. The van der Waals surface area contributed by atoms with E-state index in [2.05, 4.69) is 21.5 Å². The van der Waals surface area contributed by atoms with Crippen LogP contribution in [0.1, 0.15) is 5.56 Å². The largest absolute Gasteiger partial charge is 0.497 e. The minimum Gasteiger partial charge on any atom is -0.497 e. The van der Waals surface area contributed by atoms with Gasteiger partial charge in [0.05, 0.1) is 24.9 Å². The maximum atomic E-state index is 12.9. The zero-order chi connectivity index (χ0) is 18.0. The molecule has 0 saturated heterocycles. The van der Waals surface area contributed by atoms with Crippen molar-refractivity contribution in [2.75, 3.05) is 7.11 Å². The third kappa shape index (κ3) is 3.25. The summed E-state index contributed by atoms with van der Waals surface area (Å²) in [4.78, 5) is 12.3. The van der Waals surface area contributed by atoms with Gasteiger partial charge in [0.2, 0.25) is 15.0 Å². The molecule has 1 atom stereocenters. The molecule has 3 rings (SSSR count). The predicted molar refractivity (Wildman–Crippen MR) is 94.2 cm³/mol. The number of imidazole rings is 1. The van der Waals surface area contributed by atoms with E-state index in [-0.39, 0.29) is 11.6 Å². The van der Waals surface area contributed by atoms with E-state index < -0.39 is 15.1 Å². The van der Waals surface area contributed by atoms with Crippen LogP contribution in [0, 0.1) is 0 Å². The SMILES string of the molecule is C=CC(Cc1ccc(OC)cc1)S(=O)(=O)c1ncc2ncn(C)c2n1. The predicted octanol–water partition coefficient (Wildman–Crippen LogP) is 1.94.